The van der Waals surface area contributed by atoms with Crippen LogP contribution in [-0.4, -0.2) is 35.5 Å². The Morgan fingerprint density at radius 3 is 2.13 bits per heavy atom. The molecule has 0 heterocycles. The van der Waals surface area contributed by atoms with Crippen molar-refractivity contribution < 1.29 is 27.5 Å². The maximum absolute atomic E-state index is 13.8. The summed E-state index contributed by atoms with van der Waals surface area (Å²) in [7, 11) is 1.32. The Kier molecular flexibility index (Phi) is 5.45. The van der Waals surface area contributed by atoms with Crippen molar-refractivity contribution in [3.63, 3.8) is 0 Å². The molecule has 0 bridgehead atoms. The molecular formula is C16H20F3NO3. The number of halogens is 3. The summed E-state index contributed by atoms with van der Waals surface area (Å²) in [5.74, 6) is -3.54. The first-order chi connectivity index (χ1) is 10.4. The van der Waals surface area contributed by atoms with Gasteiger partial charge in [0.15, 0.2) is 11.6 Å². The summed E-state index contributed by atoms with van der Waals surface area (Å²) in [6.07, 6.45) is -0.664. The van der Waals surface area contributed by atoms with Crippen molar-refractivity contribution in [1.82, 2.24) is 4.90 Å². The number of carbonyl (C=O) groups is 2. The number of aldehydes is 1. The first kappa shape index (κ1) is 19.0. The molecule has 0 N–H and O–H groups in total. The molecule has 0 fully saturated rings. The fraction of sp³-hybridized carbons (Fsp3) is 0.500. The minimum atomic E-state index is -1.48. The van der Waals surface area contributed by atoms with E-state index in [1.54, 1.807) is 20.8 Å². The SMILES string of the molecule is CN(C(=O)OC(C)(C)C)C(C)(C=O)Cc1cc(F)c(F)cc1F. The Balaban J connectivity index is 3.08. The number of hydrogen-bond acceptors (Lipinski definition) is 3. The summed E-state index contributed by atoms with van der Waals surface area (Å²) in [4.78, 5) is 24.5. The van der Waals surface area contributed by atoms with E-state index in [1.165, 1.54) is 14.0 Å². The molecule has 1 rings (SSSR count). The molecule has 1 aromatic rings. The Hall–Kier alpha value is -2.05. The average Bonchev–Trinajstić information content (AvgIpc) is 2.41. The summed E-state index contributed by atoms with van der Waals surface area (Å²) in [6, 6.07) is 1.08. The summed E-state index contributed by atoms with van der Waals surface area (Å²) in [6.45, 7) is 6.36. The molecule has 1 amide bonds. The van der Waals surface area contributed by atoms with Crippen LogP contribution in [0.3, 0.4) is 0 Å². The molecule has 0 radical (unpaired) electrons. The molecule has 4 nitrogen and oxygen atoms in total. The minimum Gasteiger partial charge on any atom is -0.444 e. The Bertz CT molecular complexity index is 613. The molecule has 0 saturated heterocycles. The number of amides is 1. The van der Waals surface area contributed by atoms with Gasteiger partial charge in [-0.15, -0.1) is 0 Å². The van der Waals surface area contributed by atoms with Gasteiger partial charge in [0.05, 0.1) is 0 Å². The van der Waals surface area contributed by atoms with Gasteiger partial charge in [-0.2, -0.15) is 0 Å². The predicted octanol–water partition coefficient (Wildman–Crippen LogP) is 3.47. The summed E-state index contributed by atoms with van der Waals surface area (Å²) < 4.78 is 45.2. The smallest absolute Gasteiger partial charge is 0.410 e. The zero-order chi connectivity index (χ0) is 18.0. The van der Waals surface area contributed by atoms with Crippen molar-refractivity contribution in [1.29, 1.82) is 0 Å². The highest BCUT2D eigenvalue weighted by atomic mass is 19.2. The Morgan fingerprint density at radius 1 is 1.13 bits per heavy atom. The third-order valence-electron chi connectivity index (χ3n) is 3.33. The number of rotatable bonds is 4. The van der Waals surface area contributed by atoms with Gasteiger partial charge in [-0.1, -0.05) is 0 Å². The number of nitrogens with zero attached hydrogens (tertiary/aromatic N) is 1. The topological polar surface area (TPSA) is 46.6 Å². The lowest BCUT2D eigenvalue weighted by molar-refractivity contribution is -0.117. The molecule has 7 heteroatoms. The lowest BCUT2D eigenvalue weighted by Gasteiger charge is -2.35. The second kappa shape index (κ2) is 6.60. The number of likely N-dealkylation sites (N-methyl/N-ethyl adjacent to an activating group) is 1. The largest absolute Gasteiger partial charge is 0.444 e. The minimum absolute atomic E-state index is 0.214. The molecule has 0 aliphatic heterocycles. The third-order valence-corrected chi connectivity index (χ3v) is 3.33. The highest BCUT2D eigenvalue weighted by Gasteiger charge is 2.36. The van der Waals surface area contributed by atoms with Crippen LogP contribution in [0.1, 0.15) is 33.3 Å². The van der Waals surface area contributed by atoms with E-state index >= 15 is 0 Å². The van der Waals surface area contributed by atoms with Crippen molar-refractivity contribution in [2.24, 2.45) is 0 Å². The molecule has 128 valence electrons. The normalized spacial score (nSPS) is 14.1. The Morgan fingerprint density at radius 2 is 1.65 bits per heavy atom. The summed E-state index contributed by atoms with van der Waals surface area (Å²) in [5, 5.41) is 0. The molecule has 0 spiro atoms. The predicted molar refractivity (Wildman–Crippen MR) is 78.5 cm³/mol. The highest BCUT2D eigenvalue weighted by molar-refractivity contribution is 5.76. The van der Waals surface area contributed by atoms with Gasteiger partial charge in [0, 0.05) is 19.5 Å². The number of ether oxygens (including phenoxy) is 1. The monoisotopic (exact) mass is 331 g/mol. The first-order valence-electron chi connectivity index (χ1n) is 6.96. The van der Waals surface area contributed by atoms with Crippen LogP contribution in [-0.2, 0) is 16.0 Å². The lowest BCUT2D eigenvalue weighted by atomic mass is 9.92. The van der Waals surface area contributed by atoms with Crippen molar-refractivity contribution >= 4 is 12.4 Å². The van der Waals surface area contributed by atoms with E-state index in [0.29, 0.717) is 18.4 Å². The zero-order valence-electron chi connectivity index (χ0n) is 13.7. The van der Waals surface area contributed by atoms with Crippen molar-refractivity contribution in [3.8, 4) is 0 Å². The van der Waals surface area contributed by atoms with Crippen LogP contribution in [0.25, 0.3) is 0 Å². The maximum atomic E-state index is 13.8. The molecule has 0 aliphatic carbocycles. The second-order valence-electron chi connectivity index (χ2n) is 6.55. The molecular weight excluding hydrogens is 311 g/mol. The maximum Gasteiger partial charge on any atom is 0.410 e. The molecule has 1 aromatic carbocycles. The standard InChI is InChI=1S/C16H20F3NO3/c1-15(2,3)23-14(22)20(5)16(4,9-21)8-10-6-12(18)13(19)7-11(10)17/h6-7,9H,8H2,1-5H3. The van der Waals surface area contributed by atoms with E-state index in [0.717, 1.165) is 4.90 Å². The molecule has 23 heavy (non-hydrogen) atoms. The molecule has 0 saturated carbocycles. The van der Waals surface area contributed by atoms with Crippen LogP contribution in [0.2, 0.25) is 0 Å². The van der Waals surface area contributed by atoms with E-state index in [9.17, 15) is 22.8 Å². The van der Waals surface area contributed by atoms with Crippen LogP contribution >= 0.6 is 0 Å². The lowest BCUT2D eigenvalue weighted by Crippen LogP contribution is -2.51. The van der Waals surface area contributed by atoms with Crippen LogP contribution in [0.4, 0.5) is 18.0 Å². The van der Waals surface area contributed by atoms with Crippen LogP contribution < -0.4 is 0 Å². The average molecular weight is 331 g/mol. The first-order valence-corrected chi connectivity index (χ1v) is 6.96. The van der Waals surface area contributed by atoms with Gasteiger partial charge in [-0.05, 0) is 39.3 Å². The number of benzene rings is 1. The molecule has 0 aromatic heterocycles. The van der Waals surface area contributed by atoms with Gasteiger partial charge < -0.3 is 9.53 Å². The van der Waals surface area contributed by atoms with Gasteiger partial charge in [0.25, 0.3) is 0 Å². The van der Waals surface area contributed by atoms with Gasteiger partial charge in [0.1, 0.15) is 23.2 Å². The number of hydrogen-bond donors (Lipinski definition) is 0. The molecule has 1 unspecified atom stereocenters. The van der Waals surface area contributed by atoms with Gasteiger partial charge in [-0.3, -0.25) is 4.90 Å². The molecule has 1 atom stereocenters. The second-order valence-corrected chi connectivity index (χ2v) is 6.55. The van der Waals surface area contributed by atoms with Gasteiger partial charge in [0.2, 0.25) is 0 Å². The van der Waals surface area contributed by atoms with E-state index in [2.05, 4.69) is 0 Å². The van der Waals surface area contributed by atoms with E-state index in [4.69, 9.17) is 4.74 Å². The highest BCUT2D eigenvalue weighted by Crippen LogP contribution is 2.23. The van der Waals surface area contributed by atoms with Crippen LogP contribution in [0.15, 0.2) is 12.1 Å². The fourth-order valence-electron chi connectivity index (χ4n) is 1.86. The zero-order valence-corrected chi connectivity index (χ0v) is 13.7. The van der Waals surface area contributed by atoms with E-state index < -0.39 is 34.7 Å². The van der Waals surface area contributed by atoms with Crippen molar-refractivity contribution in [3.05, 3.63) is 35.1 Å². The Labute approximate surface area is 133 Å². The van der Waals surface area contributed by atoms with Crippen LogP contribution in [0.5, 0.6) is 0 Å². The van der Waals surface area contributed by atoms with Crippen molar-refractivity contribution in [2.45, 2.75) is 45.3 Å². The summed E-state index contributed by atoms with van der Waals surface area (Å²) >= 11 is 0. The van der Waals surface area contributed by atoms with Gasteiger partial charge in [-0.25, -0.2) is 18.0 Å². The van der Waals surface area contributed by atoms with E-state index in [-0.39, 0.29) is 12.0 Å². The third kappa shape index (κ3) is 4.71. The van der Waals surface area contributed by atoms with E-state index in [1.807, 2.05) is 0 Å². The number of carbonyl (C=O) groups excluding carboxylic acids is 2. The summed E-state index contributed by atoms with van der Waals surface area (Å²) in [5.41, 5.74) is -2.47. The van der Waals surface area contributed by atoms with Crippen LogP contribution in [0, 0.1) is 17.5 Å². The van der Waals surface area contributed by atoms with Gasteiger partial charge >= 0.3 is 6.09 Å². The van der Waals surface area contributed by atoms with Crippen molar-refractivity contribution in [2.75, 3.05) is 7.05 Å². The fourth-order valence-corrected chi connectivity index (χ4v) is 1.86. The quantitative estimate of drug-likeness (QED) is 0.627. The molecule has 0 aliphatic rings.